The minimum absolute atomic E-state index is 0.122. The summed E-state index contributed by atoms with van der Waals surface area (Å²) in [4.78, 5) is 11.0. The first-order chi connectivity index (χ1) is 11.8. The van der Waals surface area contributed by atoms with E-state index in [4.69, 9.17) is 9.47 Å². The molecule has 0 amide bonds. The van der Waals surface area contributed by atoms with Crippen molar-refractivity contribution in [3.63, 3.8) is 0 Å². The van der Waals surface area contributed by atoms with Gasteiger partial charge < -0.3 is 9.47 Å². The molecule has 4 rings (SSSR count). The normalized spacial score (nSPS) is 26.6. The maximum atomic E-state index is 6.03. The molecule has 0 aliphatic carbocycles. The lowest BCUT2D eigenvalue weighted by atomic mass is 9.82. The third kappa shape index (κ3) is 3.34. The Kier molecular flexibility index (Phi) is 4.56. The molecule has 0 spiro atoms. The van der Waals surface area contributed by atoms with Gasteiger partial charge in [0.1, 0.15) is 0 Å². The summed E-state index contributed by atoms with van der Waals surface area (Å²) in [6.45, 7) is 5.98. The maximum absolute atomic E-state index is 6.03. The van der Waals surface area contributed by atoms with E-state index in [1.54, 1.807) is 0 Å². The summed E-state index contributed by atoms with van der Waals surface area (Å²) in [6, 6.07) is 10.1. The fourth-order valence-electron chi connectivity index (χ4n) is 3.86. The van der Waals surface area contributed by atoms with E-state index in [1.807, 2.05) is 42.9 Å². The second kappa shape index (κ2) is 6.97. The van der Waals surface area contributed by atoms with Crippen LogP contribution < -0.4 is 0 Å². The van der Waals surface area contributed by atoms with E-state index < -0.39 is 0 Å². The zero-order chi connectivity index (χ0) is 16.2. The monoisotopic (exact) mass is 325 g/mol. The largest absolute Gasteiger partial charge is 0.380 e. The van der Waals surface area contributed by atoms with E-state index in [2.05, 4.69) is 20.9 Å². The summed E-state index contributed by atoms with van der Waals surface area (Å²) in [5.41, 5.74) is 2.37. The van der Waals surface area contributed by atoms with Gasteiger partial charge in [-0.1, -0.05) is 12.1 Å². The fourth-order valence-corrected chi connectivity index (χ4v) is 3.86. The van der Waals surface area contributed by atoms with Crippen LogP contribution in [0.2, 0.25) is 0 Å². The van der Waals surface area contributed by atoms with Gasteiger partial charge in [-0.25, -0.2) is 0 Å². The SMILES string of the molecule is c1ccc(COC[C@]23COC[C@H]2CN(Cc2cccnc2)C3)nc1. The minimum Gasteiger partial charge on any atom is -0.380 e. The number of hydrogen-bond donors (Lipinski definition) is 0. The van der Waals surface area contributed by atoms with E-state index in [1.165, 1.54) is 5.56 Å². The summed E-state index contributed by atoms with van der Waals surface area (Å²) < 4.78 is 11.8. The summed E-state index contributed by atoms with van der Waals surface area (Å²) in [7, 11) is 0. The lowest BCUT2D eigenvalue weighted by Gasteiger charge is -2.27. The number of hydrogen-bond acceptors (Lipinski definition) is 5. The molecule has 2 saturated heterocycles. The molecule has 2 aromatic rings. The molecule has 0 radical (unpaired) electrons. The molecule has 0 unspecified atom stereocenters. The van der Waals surface area contributed by atoms with Gasteiger partial charge in [0.15, 0.2) is 0 Å². The first-order valence-corrected chi connectivity index (χ1v) is 8.51. The van der Waals surface area contributed by atoms with Crippen molar-refractivity contribution in [1.29, 1.82) is 0 Å². The van der Waals surface area contributed by atoms with Crippen molar-refractivity contribution in [1.82, 2.24) is 14.9 Å². The maximum Gasteiger partial charge on any atom is 0.0888 e. The zero-order valence-electron chi connectivity index (χ0n) is 13.8. The Morgan fingerprint density at radius 2 is 2.25 bits per heavy atom. The molecule has 2 aromatic heterocycles. The van der Waals surface area contributed by atoms with Gasteiger partial charge in [-0.3, -0.25) is 14.9 Å². The lowest BCUT2D eigenvalue weighted by Crippen LogP contribution is -2.35. The molecule has 126 valence electrons. The van der Waals surface area contributed by atoms with Crippen LogP contribution in [0.3, 0.4) is 0 Å². The molecule has 0 saturated carbocycles. The van der Waals surface area contributed by atoms with Crippen molar-refractivity contribution >= 4 is 0 Å². The van der Waals surface area contributed by atoms with E-state index in [0.29, 0.717) is 12.5 Å². The van der Waals surface area contributed by atoms with Gasteiger partial charge in [-0.05, 0) is 23.8 Å². The van der Waals surface area contributed by atoms with Crippen LogP contribution >= 0.6 is 0 Å². The van der Waals surface area contributed by atoms with Crippen LogP contribution in [0.15, 0.2) is 48.9 Å². The van der Waals surface area contributed by atoms with E-state index in [-0.39, 0.29) is 5.41 Å². The highest BCUT2D eigenvalue weighted by Crippen LogP contribution is 2.42. The van der Waals surface area contributed by atoms with Crippen molar-refractivity contribution in [2.75, 3.05) is 32.9 Å². The van der Waals surface area contributed by atoms with Crippen molar-refractivity contribution in [2.45, 2.75) is 13.2 Å². The van der Waals surface area contributed by atoms with Crippen molar-refractivity contribution in [3.05, 3.63) is 60.2 Å². The average Bonchev–Trinajstić information content (AvgIpc) is 3.13. The quantitative estimate of drug-likeness (QED) is 0.814. The molecular formula is C19H23N3O2. The second-order valence-electron chi connectivity index (χ2n) is 6.92. The van der Waals surface area contributed by atoms with Crippen molar-refractivity contribution < 1.29 is 9.47 Å². The van der Waals surface area contributed by atoms with Crippen LogP contribution in [0.5, 0.6) is 0 Å². The van der Waals surface area contributed by atoms with Crippen LogP contribution in [-0.4, -0.2) is 47.8 Å². The summed E-state index contributed by atoms with van der Waals surface area (Å²) >= 11 is 0. The molecule has 4 heterocycles. The molecule has 0 bridgehead atoms. The number of rotatable bonds is 6. The number of aromatic nitrogens is 2. The van der Waals surface area contributed by atoms with Gasteiger partial charge in [0.25, 0.3) is 0 Å². The van der Waals surface area contributed by atoms with Gasteiger partial charge >= 0.3 is 0 Å². The molecule has 2 fully saturated rings. The van der Waals surface area contributed by atoms with E-state index >= 15 is 0 Å². The highest BCUT2D eigenvalue weighted by Gasteiger charge is 2.50. The molecule has 24 heavy (non-hydrogen) atoms. The second-order valence-corrected chi connectivity index (χ2v) is 6.92. The Labute approximate surface area is 142 Å². The van der Waals surface area contributed by atoms with Crippen LogP contribution in [0.4, 0.5) is 0 Å². The Bertz CT molecular complexity index is 652. The predicted molar refractivity (Wildman–Crippen MR) is 90.1 cm³/mol. The number of likely N-dealkylation sites (tertiary alicyclic amines) is 1. The van der Waals surface area contributed by atoms with Crippen LogP contribution in [0, 0.1) is 11.3 Å². The van der Waals surface area contributed by atoms with Crippen molar-refractivity contribution in [2.24, 2.45) is 11.3 Å². The molecule has 0 N–H and O–H groups in total. The molecule has 0 aromatic carbocycles. The highest BCUT2D eigenvalue weighted by atomic mass is 16.5. The summed E-state index contributed by atoms with van der Waals surface area (Å²) in [5.74, 6) is 0.554. The van der Waals surface area contributed by atoms with Crippen molar-refractivity contribution in [3.8, 4) is 0 Å². The molecule has 2 atom stereocenters. The molecule has 5 nitrogen and oxygen atoms in total. The van der Waals surface area contributed by atoms with Gasteiger partial charge in [0.2, 0.25) is 0 Å². The standard InChI is InChI=1S/C19H23N3O2/c1-2-7-21-18(5-1)12-24-15-19-13-22(10-17(19)11-23-14-19)9-16-4-3-6-20-8-16/h1-8,17H,9-15H2/t17-,19+/m1/s1. The smallest absolute Gasteiger partial charge is 0.0888 e. The number of pyridine rings is 2. The topological polar surface area (TPSA) is 47.5 Å². The molecule has 5 heteroatoms. The number of fused-ring (bicyclic) bond motifs is 1. The number of nitrogens with zero attached hydrogens (tertiary/aromatic N) is 3. The molecular weight excluding hydrogens is 302 g/mol. The van der Waals surface area contributed by atoms with Gasteiger partial charge in [0.05, 0.1) is 32.1 Å². The van der Waals surface area contributed by atoms with Gasteiger partial charge in [0, 0.05) is 49.6 Å². The van der Waals surface area contributed by atoms with Crippen LogP contribution in [0.1, 0.15) is 11.3 Å². The third-order valence-corrected chi connectivity index (χ3v) is 5.09. The Morgan fingerprint density at radius 3 is 3.08 bits per heavy atom. The first-order valence-electron chi connectivity index (χ1n) is 8.51. The average molecular weight is 325 g/mol. The highest BCUT2D eigenvalue weighted by molar-refractivity contribution is 5.10. The third-order valence-electron chi connectivity index (χ3n) is 5.09. The minimum atomic E-state index is 0.122. The molecule has 2 aliphatic heterocycles. The van der Waals surface area contributed by atoms with E-state index in [9.17, 15) is 0 Å². The fraction of sp³-hybridized carbons (Fsp3) is 0.474. The van der Waals surface area contributed by atoms with E-state index in [0.717, 1.165) is 45.1 Å². The Balaban J connectivity index is 1.36. The lowest BCUT2D eigenvalue weighted by molar-refractivity contribution is 0.0171. The summed E-state index contributed by atoms with van der Waals surface area (Å²) in [5, 5.41) is 0. The predicted octanol–water partition coefficient (Wildman–Crippen LogP) is 2.14. The summed E-state index contributed by atoms with van der Waals surface area (Å²) in [6.07, 6.45) is 5.58. The Hall–Kier alpha value is -1.82. The Morgan fingerprint density at radius 1 is 1.25 bits per heavy atom. The first kappa shape index (κ1) is 15.7. The van der Waals surface area contributed by atoms with Gasteiger partial charge in [-0.2, -0.15) is 0 Å². The zero-order valence-corrected chi connectivity index (χ0v) is 13.8. The van der Waals surface area contributed by atoms with Crippen LogP contribution in [-0.2, 0) is 22.6 Å². The van der Waals surface area contributed by atoms with Gasteiger partial charge in [-0.15, -0.1) is 0 Å². The molecule has 2 aliphatic rings. The van der Waals surface area contributed by atoms with Crippen LogP contribution in [0.25, 0.3) is 0 Å². The number of ether oxygens (including phenoxy) is 2.